The second-order valence-electron chi connectivity index (χ2n) is 4.85. The summed E-state index contributed by atoms with van der Waals surface area (Å²) >= 11 is 0. The molecule has 1 aromatic rings. The van der Waals surface area contributed by atoms with Crippen molar-refractivity contribution in [1.82, 2.24) is 10.6 Å². The van der Waals surface area contributed by atoms with Crippen LogP contribution in [0.5, 0.6) is 0 Å². The van der Waals surface area contributed by atoms with Gasteiger partial charge in [-0.3, -0.25) is 4.79 Å². The lowest BCUT2D eigenvalue weighted by Crippen LogP contribution is -2.29. The van der Waals surface area contributed by atoms with Crippen LogP contribution in [0.15, 0.2) is 18.2 Å². The van der Waals surface area contributed by atoms with Crippen molar-refractivity contribution >= 4 is 5.91 Å². The maximum Gasteiger partial charge on any atom is 0.221 e. The zero-order valence-corrected chi connectivity index (χ0v) is 10.6. The molecule has 0 heterocycles. The van der Waals surface area contributed by atoms with Crippen molar-refractivity contribution < 1.29 is 9.18 Å². The largest absolute Gasteiger partial charge is 0.353 e. The minimum Gasteiger partial charge on any atom is -0.353 e. The second-order valence-corrected chi connectivity index (χ2v) is 4.85. The van der Waals surface area contributed by atoms with Crippen molar-refractivity contribution in [1.29, 1.82) is 0 Å². The molecule has 0 radical (unpaired) electrons. The van der Waals surface area contributed by atoms with Crippen LogP contribution in [0, 0.1) is 12.7 Å². The van der Waals surface area contributed by atoms with Gasteiger partial charge in [0.2, 0.25) is 5.91 Å². The fourth-order valence-corrected chi connectivity index (χ4v) is 1.78. The monoisotopic (exact) mass is 250 g/mol. The Bertz CT molecular complexity index is 430. The predicted molar refractivity (Wildman–Crippen MR) is 68.6 cm³/mol. The normalized spacial score (nSPS) is 14.6. The standard InChI is InChI=1S/C14H19FN2O/c1-10-8-11(2-5-13(10)15)9-16-7-6-14(18)17-12-3-4-12/h2,5,8,12,16H,3-4,6-7,9H2,1H3,(H,17,18). The van der Waals surface area contributed by atoms with Crippen LogP contribution in [-0.4, -0.2) is 18.5 Å². The molecule has 0 bridgehead atoms. The molecule has 0 unspecified atom stereocenters. The van der Waals surface area contributed by atoms with Gasteiger partial charge in [-0.25, -0.2) is 4.39 Å². The lowest BCUT2D eigenvalue weighted by Gasteiger charge is -2.06. The fourth-order valence-electron chi connectivity index (χ4n) is 1.78. The Balaban J connectivity index is 1.64. The molecule has 0 spiro atoms. The van der Waals surface area contributed by atoms with Crippen LogP contribution in [0.2, 0.25) is 0 Å². The third-order valence-electron chi connectivity index (χ3n) is 3.02. The molecule has 2 rings (SSSR count). The summed E-state index contributed by atoms with van der Waals surface area (Å²) in [6.07, 6.45) is 2.73. The first-order chi connectivity index (χ1) is 8.65. The molecule has 1 aliphatic carbocycles. The number of aryl methyl sites for hydroxylation is 1. The Hall–Kier alpha value is -1.42. The van der Waals surface area contributed by atoms with Crippen LogP contribution in [0.3, 0.4) is 0 Å². The van der Waals surface area contributed by atoms with E-state index in [-0.39, 0.29) is 11.7 Å². The molecule has 1 saturated carbocycles. The van der Waals surface area contributed by atoms with E-state index < -0.39 is 0 Å². The number of carbonyl (C=O) groups excluding carboxylic acids is 1. The van der Waals surface area contributed by atoms with Gasteiger partial charge < -0.3 is 10.6 Å². The van der Waals surface area contributed by atoms with Gasteiger partial charge >= 0.3 is 0 Å². The summed E-state index contributed by atoms with van der Waals surface area (Å²) in [7, 11) is 0. The van der Waals surface area contributed by atoms with E-state index in [0.717, 1.165) is 18.4 Å². The first-order valence-corrected chi connectivity index (χ1v) is 6.40. The number of carbonyl (C=O) groups is 1. The van der Waals surface area contributed by atoms with Crippen LogP contribution >= 0.6 is 0 Å². The second kappa shape index (κ2) is 5.96. The highest BCUT2D eigenvalue weighted by molar-refractivity contribution is 5.76. The average Bonchev–Trinajstić information content (AvgIpc) is 3.13. The molecule has 0 aliphatic heterocycles. The van der Waals surface area contributed by atoms with Gasteiger partial charge in [-0.1, -0.05) is 12.1 Å². The van der Waals surface area contributed by atoms with E-state index >= 15 is 0 Å². The Kier molecular flexibility index (Phi) is 4.31. The molecular weight excluding hydrogens is 231 g/mol. The van der Waals surface area contributed by atoms with Gasteiger partial charge in [0, 0.05) is 25.6 Å². The van der Waals surface area contributed by atoms with Crippen molar-refractivity contribution in [3.8, 4) is 0 Å². The smallest absolute Gasteiger partial charge is 0.221 e. The quantitative estimate of drug-likeness (QED) is 0.757. The van der Waals surface area contributed by atoms with E-state index in [1.54, 1.807) is 13.0 Å². The first kappa shape index (κ1) is 13.0. The van der Waals surface area contributed by atoms with Gasteiger partial charge in [-0.05, 0) is 37.0 Å². The Labute approximate surface area is 107 Å². The Morgan fingerprint density at radius 2 is 2.22 bits per heavy atom. The van der Waals surface area contributed by atoms with E-state index in [4.69, 9.17) is 0 Å². The van der Waals surface area contributed by atoms with Gasteiger partial charge in [-0.2, -0.15) is 0 Å². The van der Waals surface area contributed by atoms with E-state index in [1.165, 1.54) is 6.07 Å². The van der Waals surface area contributed by atoms with Crippen molar-refractivity contribution in [2.24, 2.45) is 0 Å². The SMILES string of the molecule is Cc1cc(CNCCC(=O)NC2CC2)ccc1F. The number of nitrogens with one attached hydrogen (secondary N) is 2. The first-order valence-electron chi connectivity index (χ1n) is 6.40. The zero-order chi connectivity index (χ0) is 13.0. The Morgan fingerprint density at radius 1 is 1.44 bits per heavy atom. The van der Waals surface area contributed by atoms with Gasteiger partial charge in [-0.15, -0.1) is 0 Å². The molecular formula is C14H19FN2O. The average molecular weight is 250 g/mol. The fraction of sp³-hybridized carbons (Fsp3) is 0.500. The molecule has 1 amide bonds. The summed E-state index contributed by atoms with van der Waals surface area (Å²) < 4.78 is 13.0. The van der Waals surface area contributed by atoms with Crippen LogP contribution in [-0.2, 0) is 11.3 Å². The van der Waals surface area contributed by atoms with Gasteiger partial charge in [0.05, 0.1) is 0 Å². The lowest BCUT2D eigenvalue weighted by molar-refractivity contribution is -0.121. The van der Waals surface area contributed by atoms with Gasteiger partial charge in [0.25, 0.3) is 0 Å². The maximum atomic E-state index is 13.0. The van der Waals surface area contributed by atoms with Crippen LogP contribution < -0.4 is 10.6 Å². The molecule has 1 aliphatic rings. The molecule has 98 valence electrons. The molecule has 3 nitrogen and oxygen atoms in total. The summed E-state index contributed by atoms with van der Waals surface area (Å²) in [6, 6.07) is 5.50. The number of rotatable bonds is 6. The van der Waals surface area contributed by atoms with E-state index in [0.29, 0.717) is 31.1 Å². The molecule has 1 fully saturated rings. The molecule has 2 N–H and O–H groups in total. The number of hydrogen-bond acceptors (Lipinski definition) is 2. The minimum absolute atomic E-state index is 0.111. The van der Waals surface area contributed by atoms with Crippen molar-refractivity contribution in [3.63, 3.8) is 0 Å². The summed E-state index contributed by atoms with van der Waals surface area (Å²) in [5, 5.41) is 6.13. The third-order valence-corrected chi connectivity index (χ3v) is 3.02. The highest BCUT2D eigenvalue weighted by Crippen LogP contribution is 2.18. The van der Waals surface area contributed by atoms with Crippen molar-refractivity contribution in [2.75, 3.05) is 6.54 Å². The summed E-state index contributed by atoms with van der Waals surface area (Å²) in [6.45, 7) is 3.06. The third kappa shape index (κ3) is 4.11. The number of benzene rings is 1. The summed E-state index contributed by atoms with van der Waals surface area (Å²) in [5.41, 5.74) is 1.69. The number of halogens is 1. The van der Waals surface area contributed by atoms with Crippen molar-refractivity contribution in [2.45, 2.75) is 38.8 Å². The van der Waals surface area contributed by atoms with Crippen molar-refractivity contribution in [3.05, 3.63) is 35.1 Å². The van der Waals surface area contributed by atoms with E-state index in [1.807, 2.05) is 6.07 Å². The highest BCUT2D eigenvalue weighted by atomic mass is 19.1. The Morgan fingerprint density at radius 3 is 2.89 bits per heavy atom. The van der Waals surface area contributed by atoms with E-state index in [9.17, 15) is 9.18 Å². The summed E-state index contributed by atoms with van der Waals surface area (Å²) in [4.78, 5) is 11.4. The molecule has 0 saturated heterocycles. The lowest BCUT2D eigenvalue weighted by atomic mass is 10.1. The van der Waals surface area contributed by atoms with Crippen LogP contribution in [0.25, 0.3) is 0 Å². The molecule has 0 aromatic heterocycles. The van der Waals surface area contributed by atoms with Crippen LogP contribution in [0.1, 0.15) is 30.4 Å². The number of amides is 1. The maximum absolute atomic E-state index is 13.0. The molecule has 0 atom stereocenters. The molecule has 4 heteroatoms. The van der Waals surface area contributed by atoms with Gasteiger partial charge in [0.1, 0.15) is 5.82 Å². The molecule has 18 heavy (non-hydrogen) atoms. The molecule has 1 aromatic carbocycles. The van der Waals surface area contributed by atoms with Crippen LogP contribution in [0.4, 0.5) is 4.39 Å². The summed E-state index contributed by atoms with van der Waals surface area (Å²) in [5.74, 6) is -0.0668. The van der Waals surface area contributed by atoms with Gasteiger partial charge in [0.15, 0.2) is 0 Å². The highest BCUT2D eigenvalue weighted by Gasteiger charge is 2.22. The van der Waals surface area contributed by atoms with E-state index in [2.05, 4.69) is 10.6 Å². The topological polar surface area (TPSA) is 41.1 Å². The minimum atomic E-state index is -0.178. The zero-order valence-electron chi connectivity index (χ0n) is 10.6. The predicted octanol–water partition coefficient (Wildman–Crippen LogP) is 1.89. The number of hydrogen-bond donors (Lipinski definition) is 2.